The van der Waals surface area contributed by atoms with E-state index in [-0.39, 0.29) is 34.5 Å². The van der Waals surface area contributed by atoms with Gasteiger partial charge in [-0.25, -0.2) is 9.69 Å². The Labute approximate surface area is 238 Å². The SMILES string of the molecule is CCCOC(=O)c1cccc(N2C(=O)C(Cl)=C(Nc3cccc(C(=O)Nc4c(CC)cccc4CC)c3)C2=O)c1. The van der Waals surface area contributed by atoms with Gasteiger partial charge in [0.15, 0.2) is 0 Å². The standard InChI is InChI=1S/C31H30ClN3O5/c1-4-16-40-31(39)22-13-9-15-24(18-22)35-29(37)25(32)27(30(35)38)33-23-14-8-12-21(17-23)28(36)34-26-19(5-2)10-7-11-20(26)6-3/h7-15,17-18,33H,4-6,16H2,1-3H3,(H,34,36). The highest BCUT2D eigenvalue weighted by Crippen LogP contribution is 2.31. The number of hydrogen-bond donors (Lipinski definition) is 2. The van der Waals surface area contributed by atoms with Gasteiger partial charge < -0.3 is 15.4 Å². The zero-order chi connectivity index (χ0) is 28.8. The molecule has 2 N–H and O–H groups in total. The van der Waals surface area contributed by atoms with E-state index in [1.165, 1.54) is 12.1 Å². The van der Waals surface area contributed by atoms with Gasteiger partial charge >= 0.3 is 5.97 Å². The van der Waals surface area contributed by atoms with Crippen molar-refractivity contribution in [2.24, 2.45) is 0 Å². The van der Waals surface area contributed by atoms with Crippen molar-refractivity contribution in [3.8, 4) is 0 Å². The highest BCUT2D eigenvalue weighted by atomic mass is 35.5. The number of carbonyl (C=O) groups excluding carboxylic acids is 4. The lowest BCUT2D eigenvalue weighted by molar-refractivity contribution is -0.120. The average molecular weight is 560 g/mol. The van der Waals surface area contributed by atoms with Crippen LogP contribution in [0.15, 0.2) is 77.5 Å². The van der Waals surface area contributed by atoms with E-state index in [0.29, 0.717) is 17.7 Å². The number of imide groups is 1. The Morgan fingerprint density at radius 2 is 1.50 bits per heavy atom. The number of nitrogens with one attached hydrogen (secondary N) is 2. The lowest BCUT2D eigenvalue weighted by Crippen LogP contribution is -2.32. The van der Waals surface area contributed by atoms with Crippen LogP contribution in [-0.2, 0) is 27.2 Å². The Bertz CT molecular complexity index is 1490. The molecule has 0 fully saturated rings. The maximum Gasteiger partial charge on any atom is 0.338 e. The summed E-state index contributed by atoms with van der Waals surface area (Å²) in [6.45, 7) is 6.20. The second-order valence-corrected chi connectivity index (χ2v) is 9.52. The van der Waals surface area contributed by atoms with Crippen LogP contribution < -0.4 is 15.5 Å². The number of halogens is 1. The molecule has 0 spiro atoms. The van der Waals surface area contributed by atoms with E-state index < -0.39 is 17.8 Å². The molecule has 1 heterocycles. The van der Waals surface area contributed by atoms with Gasteiger partial charge in [0, 0.05) is 16.9 Å². The molecule has 0 aromatic heterocycles. The molecule has 0 aliphatic carbocycles. The molecule has 0 saturated heterocycles. The number of carbonyl (C=O) groups is 4. The number of para-hydroxylation sites is 1. The van der Waals surface area contributed by atoms with Gasteiger partial charge in [-0.3, -0.25) is 14.4 Å². The van der Waals surface area contributed by atoms with Gasteiger partial charge in [0.1, 0.15) is 10.7 Å². The van der Waals surface area contributed by atoms with Crippen LogP contribution in [0.4, 0.5) is 17.1 Å². The summed E-state index contributed by atoms with van der Waals surface area (Å²) in [4.78, 5) is 52.6. The number of ether oxygens (including phenoxy) is 1. The monoisotopic (exact) mass is 559 g/mol. The Balaban J connectivity index is 1.54. The summed E-state index contributed by atoms with van der Waals surface area (Å²) in [5, 5.41) is 5.63. The van der Waals surface area contributed by atoms with Gasteiger partial charge in [0.05, 0.1) is 17.9 Å². The molecule has 0 radical (unpaired) electrons. The molecule has 1 aliphatic heterocycles. The van der Waals surface area contributed by atoms with E-state index in [0.717, 1.165) is 34.6 Å². The predicted octanol–water partition coefficient (Wildman–Crippen LogP) is 6.07. The third-order valence-electron chi connectivity index (χ3n) is 6.44. The first-order chi connectivity index (χ1) is 19.3. The summed E-state index contributed by atoms with van der Waals surface area (Å²) >= 11 is 6.30. The van der Waals surface area contributed by atoms with Gasteiger partial charge in [-0.15, -0.1) is 0 Å². The second-order valence-electron chi connectivity index (χ2n) is 9.14. The maximum absolute atomic E-state index is 13.3. The van der Waals surface area contributed by atoms with Crippen LogP contribution in [-0.4, -0.2) is 30.3 Å². The van der Waals surface area contributed by atoms with Crippen LogP contribution in [0.3, 0.4) is 0 Å². The number of hydrogen-bond acceptors (Lipinski definition) is 6. The summed E-state index contributed by atoms with van der Waals surface area (Å²) in [7, 11) is 0. The van der Waals surface area contributed by atoms with Crippen LogP contribution in [0.5, 0.6) is 0 Å². The van der Waals surface area contributed by atoms with Crippen molar-refractivity contribution in [3.63, 3.8) is 0 Å². The molecule has 0 unspecified atom stereocenters. The number of esters is 1. The Morgan fingerprint density at radius 3 is 2.17 bits per heavy atom. The normalized spacial score (nSPS) is 13.1. The number of rotatable bonds is 10. The number of anilines is 3. The number of nitrogens with zero attached hydrogens (tertiary/aromatic N) is 1. The summed E-state index contributed by atoms with van der Waals surface area (Å²) in [6.07, 6.45) is 2.21. The van der Waals surface area contributed by atoms with Gasteiger partial charge in [-0.05, 0) is 66.8 Å². The number of aryl methyl sites for hydroxylation is 2. The van der Waals surface area contributed by atoms with Crippen molar-refractivity contribution in [1.29, 1.82) is 0 Å². The van der Waals surface area contributed by atoms with Crippen LogP contribution in [0, 0.1) is 0 Å². The first kappa shape index (κ1) is 28.6. The Morgan fingerprint density at radius 1 is 0.850 bits per heavy atom. The first-order valence-corrected chi connectivity index (χ1v) is 13.5. The summed E-state index contributed by atoms with van der Waals surface area (Å²) in [5.74, 6) is -2.27. The van der Waals surface area contributed by atoms with Gasteiger partial charge in [0.2, 0.25) is 0 Å². The summed E-state index contributed by atoms with van der Waals surface area (Å²) in [5.41, 5.74) is 3.90. The average Bonchev–Trinajstić information content (AvgIpc) is 3.18. The van der Waals surface area contributed by atoms with Crippen molar-refractivity contribution in [3.05, 3.63) is 99.7 Å². The van der Waals surface area contributed by atoms with Crippen molar-refractivity contribution in [2.45, 2.75) is 40.0 Å². The zero-order valence-electron chi connectivity index (χ0n) is 22.5. The van der Waals surface area contributed by atoms with Gasteiger partial charge in [-0.1, -0.05) is 62.7 Å². The molecule has 40 heavy (non-hydrogen) atoms. The lowest BCUT2D eigenvalue weighted by Gasteiger charge is -2.16. The zero-order valence-corrected chi connectivity index (χ0v) is 23.3. The maximum atomic E-state index is 13.3. The highest BCUT2D eigenvalue weighted by Gasteiger charge is 2.39. The molecule has 3 aromatic carbocycles. The summed E-state index contributed by atoms with van der Waals surface area (Å²) in [6, 6.07) is 18.6. The first-order valence-electron chi connectivity index (χ1n) is 13.1. The molecule has 8 nitrogen and oxygen atoms in total. The Kier molecular flexibility index (Phi) is 9.01. The van der Waals surface area contributed by atoms with Crippen LogP contribution >= 0.6 is 11.6 Å². The van der Waals surface area contributed by atoms with E-state index in [9.17, 15) is 19.2 Å². The van der Waals surface area contributed by atoms with Crippen LogP contribution in [0.1, 0.15) is 59.0 Å². The fraction of sp³-hybridized carbons (Fsp3) is 0.226. The highest BCUT2D eigenvalue weighted by molar-refractivity contribution is 6.53. The molecule has 0 atom stereocenters. The molecule has 1 aliphatic rings. The number of amides is 3. The van der Waals surface area contributed by atoms with E-state index in [1.807, 2.05) is 39.0 Å². The molecule has 3 amide bonds. The lowest BCUT2D eigenvalue weighted by atomic mass is 10.0. The molecular formula is C31H30ClN3O5. The smallest absolute Gasteiger partial charge is 0.338 e. The molecule has 0 saturated carbocycles. The third kappa shape index (κ3) is 5.92. The third-order valence-corrected chi connectivity index (χ3v) is 6.79. The van der Waals surface area contributed by atoms with Crippen molar-refractivity contribution < 1.29 is 23.9 Å². The van der Waals surface area contributed by atoms with E-state index in [1.54, 1.807) is 36.4 Å². The van der Waals surface area contributed by atoms with Crippen molar-refractivity contribution >= 4 is 52.4 Å². The summed E-state index contributed by atoms with van der Waals surface area (Å²) < 4.78 is 5.15. The minimum atomic E-state index is -0.731. The van der Waals surface area contributed by atoms with E-state index >= 15 is 0 Å². The second kappa shape index (κ2) is 12.6. The molecule has 206 valence electrons. The fourth-order valence-corrected chi connectivity index (χ4v) is 4.58. The van der Waals surface area contributed by atoms with Gasteiger partial charge in [0.25, 0.3) is 17.7 Å². The molecule has 9 heteroatoms. The van der Waals surface area contributed by atoms with Crippen LogP contribution in [0.25, 0.3) is 0 Å². The quantitative estimate of drug-likeness (QED) is 0.231. The molecule has 0 bridgehead atoms. The largest absolute Gasteiger partial charge is 0.462 e. The van der Waals surface area contributed by atoms with E-state index in [2.05, 4.69) is 10.6 Å². The number of benzene rings is 3. The van der Waals surface area contributed by atoms with Gasteiger partial charge in [-0.2, -0.15) is 0 Å². The van der Waals surface area contributed by atoms with E-state index in [4.69, 9.17) is 16.3 Å². The van der Waals surface area contributed by atoms with Crippen LogP contribution in [0.2, 0.25) is 0 Å². The molecule has 3 aromatic rings. The topological polar surface area (TPSA) is 105 Å². The fourth-order valence-electron chi connectivity index (χ4n) is 4.37. The minimum Gasteiger partial charge on any atom is -0.462 e. The van der Waals surface area contributed by atoms with Crippen molar-refractivity contribution in [1.82, 2.24) is 0 Å². The minimum absolute atomic E-state index is 0.132. The van der Waals surface area contributed by atoms with Crippen molar-refractivity contribution in [2.75, 3.05) is 22.1 Å². The Hall–Kier alpha value is -4.43. The predicted molar refractivity (Wildman–Crippen MR) is 156 cm³/mol. The molecular weight excluding hydrogens is 530 g/mol. The molecule has 4 rings (SSSR count).